The Bertz CT molecular complexity index is 194. The minimum atomic E-state index is 0.525. The Kier molecular flexibility index (Phi) is 7.51. The molecule has 0 aromatic heterocycles. The predicted molar refractivity (Wildman–Crippen MR) is 76.9 cm³/mol. The highest BCUT2D eigenvalue weighted by molar-refractivity contribution is 8.00. The first-order valence-corrected chi connectivity index (χ1v) is 7.70. The van der Waals surface area contributed by atoms with Crippen LogP contribution in [0.4, 0.5) is 0 Å². The van der Waals surface area contributed by atoms with Gasteiger partial charge in [0.25, 0.3) is 0 Å². The number of hydrogen-bond donors (Lipinski definition) is 1. The third kappa shape index (κ3) is 5.60. The highest BCUT2D eigenvalue weighted by atomic mass is 32.2. The van der Waals surface area contributed by atoms with Crippen LogP contribution >= 0.6 is 11.8 Å². The largest absolute Gasteiger partial charge is 0.383 e. The lowest BCUT2D eigenvalue weighted by atomic mass is 10.2. The Morgan fingerprint density at radius 3 is 2.53 bits per heavy atom. The first-order chi connectivity index (χ1) is 8.17. The number of thioether (sulfide) groups is 1. The van der Waals surface area contributed by atoms with E-state index in [1.807, 2.05) is 0 Å². The molecule has 3 unspecified atom stereocenters. The average molecular weight is 260 g/mol. The molecule has 102 valence electrons. The van der Waals surface area contributed by atoms with Crippen LogP contribution in [0.1, 0.15) is 27.2 Å². The second kappa shape index (κ2) is 8.35. The molecule has 1 aliphatic heterocycles. The fourth-order valence-corrected chi connectivity index (χ4v) is 3.80. The Hall–Kier alpha value is 0.230. The molecule has 0 amide bonds. The van der Waals surface area contributed by atoms with Crippen LogP contribution in [-0.2, 0) is 4.74 Å². The molecule has 0 saturated carbocycles. The van der Waals surface area contributed by atoms with Gasteiger partial charge in [-0.25, -0.2) is 0 Å². The molecule has 0 radical (unpaired) electrons. The molecule has 1 fully saturated rings. The van der Waals surface area contributed by atoms with Crippen molar-refractivity contribution in [3.05, 3.63) is 0 Å². The second-order valence-electron chi connectivity index (χ2n) is 5.02. The minimum Gasteiger partial charge on any atom is -0.383 e. The van der Waals surface area contributed by atoms with Gasteiger partial charge in [-0.15, -0.1) is 0 Å². The standard InChI is InChI=1S/C13H28N2OS/c1-5-6-14-7-13(10-16-4)15-8-11(2)17-12(3)9-15/h11-14H,5-10H2,1-4H3. The molecule has 3 atom stereocenters. The summed E-state index contributed by atoms with van der Waals surface area (Å²) < 4.78 is 5.37. The molecule has 1 aliphatic rings. The molecule has 0 bridgehead atoms. The molecule has 0 spiro atoms. The highest BCUT2D eigenvalue weighted by Gasteiger charge is 2.27. The third-order valence-electron chi connectivity index (χ3n) is 3.13. The van der Waals surface area contributed by atoms with E-state index in [-0.39, 0.29) is 0 Å². The first-order valence-electron chi connectivity index (χ1n) is 6.76. The van der Waals surface area contributed by atoms with Crippen molar-refractivity contribution in [2.24, 2.45) is 0 Å². The quantitative estimate of drug-likeness (QED) is 0.706. The van der Waals surface area contributed by atoms with Gasteiger partial charge in [0, 0.05) is 43.3 Å². The third-order valence-corrected chi connectivity index (χ3v) is 4.36. The fourth-order valence-electron chi connectivity index (χ4n) is 2.45. The molecule has 1 N–H and O–H groups in total. The monoisotopic (exact) mass is 260 g/mol. The summed E-state index contributed by atoms with van der Waals surface area (Å²) in [5.74, 6) is 0. The van der Waals surface area contributed by atoms with Crippen molar-refractivity contribution in [2.45, 2.75) is 43.7 Å². The molecule has 0 aromatic rings. The molecule has 1 heterocycles. The zero-order valence-electron chi connectivity index (χ0n) is 11.7. The summed E-state index contributed by atoms with van der Waals surface area (Å²) in [6.07, 6.45) is 1.20. The number of methoxy groups -OCH3 is 1. The summed E-state index contributed by atoms with van der Waals surface area (Å²) in [4.78, 5) is 2.60. The SMILES string of the molecule is CCCNCC(COC)N1CC(C)SC(C)C1. The van der Waals surface area contributed by atoms with E-state index in [0.717, 1.165) is 30.2 Å². The lowest BCUT2D eigenvalue weighted by Crippen LogP contribution is -2.52. The summed E-state index contributed by atoms with van der Waals surface area (Å²) >= 11 is 2.11. The number of nitrogens with zero attached hydrogens (tertiary/aromatic N) is 1. The van der Waals surface area contributed by atoms with Gasteiger partial charge in [-0.05, 0) is 13.0 Å². The van der Waals surface area contributed by atoms with E-state index < -0.39 is 0 Å². The van der Waals surface area contributed by atoms with Crippen molar-refractivity contribution in [1.29, 1.82) is 0 Å². The number of hydrogen-bond acceptors (Lipinski definition) is 4. The van der Waals surface area contributed by atoms with Gasteiger partial charge in [0.15, 0.2) is 0 Å². The summed E-state index contributed by atoms with van der Waals surface area (Å²) in [7, 11) is 1.80. The maximum atomic E-state index is 5.37. The fraction of sp³-hybridized carbons (Fsp3) is 1.00. The summed E-state index contributed by atoms with van der Waals surface area (Å²) in [5.41, 5.74) is 0. The Morgan fingerprint density at radius 2 is 2.00 bits per heavy atom. The van der Waals surface area contributed by atoms with Crippen molar-refractivity contribution in [2.75, 3.05) is 39.9 Å². The maximum Gasteiger partial charge on any atom is 0.0630 e. The van der Waals surface area contributed by atoms with Crippen LogP contribution < -0.4 is 5.32 Å². The van der Waals surface area contributed by atoms with Crippen molar-refractivity contribution in [1.82, 2.24) is 10.2 Å². The molecule has 3 nitrogen and oxygen atoms in total. The van der Waals surface area contributed by atoms with E-state index in [9.17, 15) is 0 Å². The molecule has 1 rings (SSSR count). The second-order valence-corrected chi connectivity index (χ2v) is 6.91. The van der Waals surface area contributed by atoms with Crippen molar-refractivity contribution < 1.29 is 4.74 Å². The summed E-state index contributed by atoms with van der Waals surface area (Å²) in [6, 6.07) is 0.525. The molecular weight excluding hydrogens is 232 g/mol. The van der Waals surface area contributed by atoms with Gasteiger partial charge in [0.2, 0.25) is 0 Å². The van der Waals surface area contributed by atoms with Crippen molar-refractivity contribution >= 4 is 11.8 Å². The topological polar surface area (TPSA) is 24.5 Å². The lowest BCUT2D eigenvalue weighted by Gasteiger charge is -2.39. The summed E-state index contributed by atoms with van der Waals surface area (Å²) in [5, 5.41) is 5.00. The Balaban J connectivity index is 2.43. The molecular formula is C13H28N2OS. The van der Waals surface area contributed by atoms with E-state index in [2.05, 4.69) is 42.7 Å². The van der Waals surface area contributed by atoms with Crippen LogP contribution in [0.5, 0.6) is 0 Å². The van der Waals surface area contributed by atoms with E-state index in [0.29, 0.717) is 6.04 Å². The van der Waals surface area contributed by atoms with Gasteiger partial charge in [0.05, 0.1) is 6.61 Å². The van der Waals surface area contributed by atoms with Gasteiger partial charge in [-0.1, -0.05) is 20.8 Å². The molecule has 1 saturated heterocycles. The van der Waals surface area contributed by atoms with Crippen LogP contribution in [0.2, 0.25) is 0 Å². The number of nitrogens with one attached hydrogen (secondary N) is 1. The number of ether oxygens (including phenoxy) is 1. The van der Waals surface area contributed by atoms with Crippen LogP contribution in [-0.4, -0.2) is 61.3 Å². The first kappa shape index (κ1) is 15.3. The van der Waals surface area contributed by atoms with Gasteiger partial charge in [-0.2, -0.15) is 11.8 Å². The van der Waals surface area contributed by atoms with Crippen molar-refractivity contribution in [3.63, 3.8) is 0 Å². The minimum absolute atomic E-state index is 0.525. The lowest BCUT2D eigenvalue weighted by molar-refractivity contribution is 0.0881. The van der Waals surface area contributed by atoms with E-state index >= 15 is 0 Å². The zero-order chi connectivity index (χ0) is 12.7. The maximum absolute atomic E-state index is 5.37. The Morgan fingerprint density at radius 1 is 1.35 bits per heavy atom. The van der Waals surface area contributed by atoms with Gasteiger partial charge in [0.1, 0.15) is 0 Å². The molecule has 0 aliphatic carbocycles. The molecule has 4 heteroatoms. The van der Waals surface area contributed by atoms with Crippen LogP contribution in [0.15, 0.2) is 0 Å². The van der Waals surface area contributed by atoms with Crippen LogP contribution in [0.3, 0.4) is 0 Å². The highest BCUT2D eigenvalue weighted by Crippen LogP contribution is 2.25. The van der Waals surface area contributed by atoms with E-state index in [1.165, 1.54) is 19.5 Å². The Labute approximate surface area is 111 Å². The normalized spacial score (nSPS) is 28.2. The van der Waals surface area contributed by atoms with Gasteiger partial charge in [-0.3, -0.25) is 4.90 Å². The van der Waals surface area contributed by atoms with E-state index in [4.69, 9.17) is 4.74 Å². The smallest absolute Gasteiger partial charge is 0.0630 e. The van der Waals surface area contributed by atoms with E-state index in [1.54, 1.807) is 7.11 Å². The summed E-state index contributed by atoms with van der Waals surface area (Å²) in [6.45, 7) is 12.2. The van der Waals surface area contributed by atoms with Crippen molar-refractivity contribution in [3.8, 4) is 0 Å². The van der Waals surface area contributed by atoms with Crippen LogP contribution in [0, 0.1) is 0 Å². The number of rotatable bonds is 7. The van der Waals surface area contributed by atoms with Crippen LogP contribution in [0.25, 0.3) is 0 Å². The molecule has 0 aromatic carbocycles. The van der Waals surface area contributed by atoms with Gasteiger partial charge < -0.3 is 10.1 Å². The van der Waals surface area contributed by atoms with Gasteiger partial charge >= 0.3 is 0 Å². The zero-order valence-corrected chi connectivity index (χ0v) is 12.6. The predicted octanol–water partition coefficient (Wildman–Crippen LogP) is 1.83. The molecule has 17 heavy (non-hydrogen) atoms. The average Bonchev–Trinajstić information content (AvgIpc) is 2.27.